The molecule has 0 radical (unpaired) electrons. The molecule has 2 rings (SSSR count). The Morgan fingerprint density at radius 3 is 2.13 bits per heavy atom. The molecule has 0 bridgehead atoms. The van der Waals surface area contributed by atoms with Crippen LogP contribution in [0.3, 0.4) is 0 Å². The van der Waals surface area contributed by atoms with E-state index in [-0.39, 0.29) is 31.4 Å². The molecule has 2 N–H and O–H groups in total. The van der Waals surface area contributed by atoms with Crippen molar-refractivity contribution in [1.82, 2.24) is 10.6 Å². The zero-order valence-electron chi connectivity index (χ0n) is 29.4. The Balaban J connectivity index is 1.63. The molecule has 1 fully saturated rings. The minimum atomic E-state index is -0.850. The summed E-state index contributed by atoms with van der Waals surface area (Å²) in [6.45, 7) is 10.2. The van der Waals surface area contributed by atoms with E-state index in [1.807, 2.05) is 44.2 Å². The molecule has 0 aliphatic carbocycles. The number of ether oxygens (including phenoxy) is 3. The fourth-order valence-corrected chi connectivity index (χ4v) is 5.48. The van der Waals surface area contributed by atoms with E-state index in [0.29, 0.717) is 13.0 Å². The van der Waals surface area contributed by atoms with Gasteiger partial charge in [-0.2, -0.15) is 0 Å². The van der Waals surface area contributed by atoms with Crippen LogP contribution in [0.25, 0.3) is 0 Å². The number of rotatable bonds is 23. The fraction of sp³-hybridized carbons (Fsp3) is 0.711. The van der Waals surface area contributed by atoms with Gasteiger partial charge >= 0.3 is 5.97 Å². The van der Waals surface area contributed by atoms with Crippen molar-refractivity contribution in [3.8, 4) is 0 Å². The molecule has 0 spiro atoms. The third kappa shape index (κ3) is 16.7. The van der Waals surface area contributed by atoms with Gasteiger partial charge in [-0.1, -0.05) is 115 Å². The number of hydrogen-bond donors (Lipinski definition) is 2. The third-order valence-electron chi connectivity index (χ3n) is 8.38. The van der Waals surface area contributed by atoms with Crippen molar-refractivity contribution >= 4 is 17.8 Å². The molecule has 2 amide bonds. The Kier molecular flexibility index (Phi) is 18.8. The summed E-state index contributed by atoms with van der Waals surface area (Å²) in [6, 6.07) is 9.10. The Bertz CT molecular complexity index is 1040. The van der Waals surface area contributed by atoms with Crippen LogP contribution in [0, 0.1) is 5.41 Å². The molecule has 8 heteroatoms. The van der Waals surface area contributed by atoms with E-state index in [2.05, 4.69) is 29.7 Å². The number of benzene rings is 1. The van der Waals surface area contributed by atoms with Crippen LogP contribution in [0.4, 0.5) is 0 Å². The standard InChI is InChI=1S/C38H62N2O6/c1-6-7-8-9-10-11-12-13-14-15-16-17-18-19-23-26-33(41)40-32(31-24-21-20-22-25-31)29-44-34(42)27-28-39-36(43)35-37(2,3)30-45-38(4,5)46-35/h13-14,20-22,24-25,32,35H,6-12,15-19,23,26-30H2,1-5H3,(H,39,43)(H,40,41)/t32-,35?/m0/s1. The first-order valence-electron chi connectivity index (χ1n) is 17.8. The summed E-state index contributed by atoms with van der Waals surface area (Å²) >= 11 is 0. The lowest BCUT2D eigenvalue weighted by Gasteiger charge is -2.44. The first kappa shape index (κ1) is 39.5. The number of carbonyl (C=O) groups is 3. The summed E-state index contributed by atoms with van der Waals surface area (Å²) in [5.41, 5.74) is 0.383. The smallest absolute Gasteiger partial charge is 0.307 e. The first-order valence-corrected chi connectivity index (χ1v) is 17.8. The molecule has 8 nitrogen and oxygen atoms in total. The molecule has 0 saturated carbocycles. The van der Waals surface area contributed by atoms with Crippen LogP contribution in [0.2, 0.25) is 0 Å². The highest BCUT2D eigenvalue weighted by atomic mass is 16.7. The molecule has 2 atom stereocenters. The van der Waals surface area contributed by atoms with Gasteiger partial charge in [0.25, 0.3) is 0 Å². The van der Waals surface area contributed by atoms with Crippen molar-refractivity contribution in [2.45, 2.75) is 149 Å². The molecule has 1 aromatic carbocycles. The largest absolute Gasteiger partial charge is 0.463 e. The van der Waals surface area contributed by atoms with Gasteiger partial charge in [-0.25, -0.2) is 0 Å². The lowest BCUT2D eigenvalue weighted by atomic mass is 9.85. The lowest BCUT2D eigenvalue weighted by molar-refractivity contribution is -0.304. The molecule has 1 aliphatic rings. The summed E-state index contributed by atoms with van der Waals surface area (Å²) in [6.07, 6.45) is 20.2. The second kappa shape index (κ2) is 22.0. The number of carbonyl (C=O) groups excluding carboxylic acids is 3. The topological polar surface area (TPSA) is 103 Å². The van der Waals surface area contributed by atoms with E-state index in [0.717, 1.165) is 31.2 Å². The molecule has 1 saturated heterocycles. The van der Waals surface area contributed by atoms with Crippen LogP contribution in [-0.4, -0.2) is 49.4 Å². The molecule has 0 aromatic heterocycles. The number of nitrogens with one attached hydrogen (secondary N) is 2. The second-order valence-electron chi connectivity index (χ2n) is 13.8. The van der Waals surface area contributed by atoms with Crippen LogP contribution in [-0.2, 0) is 28.6 Å². The van der Waals surface area contributed by atoms with E-state index >= 15 is 0 Å². The van der Waals surface area contributed by atoms with Crippen molar-refractivity contribution in [3.05, 3.63) is 48.0 Å². The van der Waals surface area contributed by atoms with Gasteiger partial charge in [0.2, 0.25) is 11.8 Å². The van der Waals surface area contributed by atoms with Gasteiger partial charge in [0.1, 0.15) is 12.7 Å². The average molecular weight is 643 g/mol. The van der Waals surface area contributed by atoms with Gasteiger partial charge in [0.05, 0.1) is 19.1 Å². The second-order valence-corrected chi connectivity index (χ2v) is 13.8. The van der Waals surface area contributed by atoms with Gasteiger partial charge in [-0.3, -0.25) is 14.4 Å². The number of amides is 2. The van der Waals surface area contributed by atoms with Crippen molar-refractivity contribution in [2.24, 2.45) is 5.41 Å². The van der Waals surface area contributed by atoms with E-state index in [1.54, 1.807) is 13.8 Å². The number of unbranched alkanes of at least 4 members (excludes halogenated alkanes) is 11. The first-order chi connectivity index (χ1) is 22.0. The average Bonchev–Trinajstić information content (AvgIpc) is 3.02. The zero-order valence-corrected chi connectivity index (χ0v) is 29.4. The van der Waals surface area contributed by atoms with Crippen molar-refractivity contribution in [3.63, 3.8) is 0 Å². The SMILES string of the molecule is CCCCCCCCC=CCCCCCCCC(=O)N[C@@H](COC(=O)CCNC(=O)C1OC(C)(C)OCC1(C)C)c1ccccc1. The monoisotopic (exact) mass is 642 g/mol. The number of hydrogen-bond acceptors (Lipinski definition) is 6. The molecule has 1 unspecified atom stereocenters. The predicted octanol–water partition coefficient (Wildman–Crippen LogP) is 8.11. The summed E-state index contributed by atoms with van der Waals surface area (Å²) in [5, 5.41) is 5.85. The molecule has 260 valence electrons. The molecular weight excluding hydrogens is 580 g/mol. The molecule has 1 aliphatic heterocycles. The minimum Gasteiger partial charge on any atom is -0.463 e. The normalized spacial score (nSPS) is 17.8. The fourth-order valence-electron chi connectivity index (χ4n) is 5.48. The van der Waals surface area contributed by atoms with Crippen molar-refractivity contribution < 1.29 is 28.6 Å². The molecule has 1 aromatic rings. The van der Waals surface area contributed by atoms with Crippen LogP contribution in [0.15, 0.2) is 42.5 Å². The van der Waals surface area contributed by atoms with Gasteiger partial charge in [0.15, 0.2) is 5.79 Å². The van der Waals surface area contributed by atoms with Gasteiger partial charge in [-0.15, -0.1) is 0 Å². The predicted molar refractivity (Wildman–Crippen MR) is 184 cm³/mol. The van der Waals surface area contributed by atoms with Gasteiger partial charge < -0.3 is 24.8 Å². The Morgan fingerprint density at radius 1 is 0.870 bits per heavy atom. The molecule has 46 heavy (non-hydrogen) atoms. The van der Waals surface area contributed by atoms with Crippen LogP contribution in [0.1, 0.15) is 143 Å². The number of esters is 1. The Morgan fingerprint density at radius 2 is 1.48 bits per heavy atom. The number of allylic oxidation sites excluding steroid dienone is 2. The maximum absolute atomic E-state index is 12.8. The highest BCUT2D eigenvalue weighted by molar-refractivity contribution is 5.82. The molecular formula is C38H62N2O6. The van der Waals surface area contributed by atoms with Crippen molar-refractivity contribution in [2.75, 3.05) is 19.8 Å². The van der Waals surface area contributed by atoms with Gasteiger partial charge in [0, 0.05) is 18.4 Å². The lowest BCUT2D eigenvalue weighted by Crippen LogP contribution is -2.56. The Labute approximate surface area is 278 Å². The third-order valence-corrected chi connectivity index (χ3v) is 8.38. The summed E-state index contributed by atoms with van der Waals surface area (Å²) in [7, 11) is 0. The zero-order chi connectivity index (χ0) is 33.7. The van der Waals surface area contributed by atoms with E-state index in [9.17, 15) is 14.4 Å². The van der Waals surface area contributed by atoms with Crippen molar-refractivity contribution in [1.29, 1.82) is 0 Å². The Hall–Kier alpha value is -2.71. The van der Waals surface area contributed by atoms with E-state index in [1.165, 1.54) is 57.8 Å². The molecule has 1 heterocycles. The van der Waals surface area contributed by atoms with Crippen LogP contribution in [0.5, 0.6) is 0 Å². The highest BCUT2D eigenvalue weighted by Crippen LogP contribution is 2.34. The van der Waals surface area contributed by atoms with Gasteiger partial charge in [-0.05, 0) is 51.5 Å². The maximum atomic E-state index is 12.8. The van der Waals surface area contributed by atoms with Crippen LogP contribution < -0.4 is 10.6 Å². The summed E-state index contributed by atoms with van der Waals surface area (Å²) in [5.74, 6) is -1.62. The summed E-state index contributed by atoms with van der Waals surface area (Å²) in [4.78, 5) is 38.1. The quantitative estimate of drug-likeness (QED) is 0.0710. The minimum absolute atomic E-state index is 0.0170. The van der Waals surface area contributed by atoms with E-state index < -0.39 is 29.3 Å². The maximum Gasteiger partial charge on any atom is 0.307 e. The highest BCUT2D eigenvalue weighted by Gasteiger charge is 2.45. The van der Waals surface area contributed by atoms with E-state index in [4.69, 9.17) is 14.2 Å². The summed E-state index contributed by atoms with van der Waals surface area (Å²) < 4.78 is 17.1. The van der Waals surface area contributed by atoms with Crippen LogP contribution >= 0.6 is 0 Å².